The molecule has 0 saturated heterocycles. The zero-order valence-electron chi connectivity index (χ0n) is 20.9. The Morgan fingerprint density at radius 1 is 1.19 bits per heavy atom. The van der Waals surface area contributed by atoms with Crippen molar-refractivity contribution in [1.29, 1.82) is 0 Å². The molecule has 2 aromatic carbocycles. The number of hydrogen-bond acceptors (Lipinski definition) is 5. The van der Waals surface area contributed by atoms with Gasteiger partial charge in [-0.3, -0.25) is 4.90 Å². The molecule has 0 unspecified atom stereocenters. The van der Waals surface area contributed by atoms with Gasteiger partial charge in [-0.05, 0) is 68.2 Å². The Bertz CT molecular complexity index is 1290. The van der Waals surface area contributed by atoms with Crippen LogP contribution in [0.3, 0.4) is 0 Å². The molecule has 2 aliphatic rings. The van der Waals surface area contributed by atoms with Crippen LogP contribution >= 0.6 is 11.8 Å². The van der Waals surface area contributed by atoms with Crippen molar-refractivity contribution in [1.82, 2.24) is 9.47 Å². The van der Waals surface area contributed by atoms with Gasteiger partial charge in [0.05, 0.1) is 12.2 Å². The minimum absolute atomic E-state index is 0.192. The molecule has 190 valence electrons. The van der Waals surface area contributed by atoms with E-state index >= 15 is 0 Å². The number of nitrogens with zero attached hydrogens (tertiary/aromatic N) is 2. The monoisotopic (exact) mass is 508 g/mol. The lowest BCUT2D eigenvalue weighted by molar-refractivity contribution is 0.0527. The number of benzene rings is 2. The summed E-state index contributed by atoms with van der Waals surface area (Å²) >= 11 is 1.54. The Kier molecular flexibility index (Phi) is 7.39. The molecule has 1 aromatic heterocycles. The number of rotatable bonds is 7. The normalized spacial score (nSPS) is 17.0. The topological polar surface area (TPSA) is 54.7 Å². The van der Waals surface area contributed by atoms with E-state index in [0.29, 0.717) is 22.7 Å². The van der Waals surface area contributed by atoms with Gasteiger partial charge in [-0.2, -0.15) is 0 Å². The van der Waals surface area contributed by atoms with Crippen molar-refractivity contribution in [3.63, 3.8) is 0 Å². The maximum atomic E-state index is 13.3. The number of aryl methyl sites for hydroxylation is 1. The van der Waals surface area contributed by atoms with Crippen molar-refractivity contribution in [3.05, 3.63) is 65.1 Å². The fourth-order valence-electron chi connectivity index (χ4n) is 5.59. The quantitative estimate of drug-likeness (QED) is 0.291. The second-order valence-electron chi connectivity index (χ2n) is 9.64. The van der Waals surface area contributed by atoms with E-state index in [1.165, 1.54) is 49.6 Å². The Hall–Kier alpha value is -2.77. The van der Waals surface area contributed by atoms with E-state index in [9.17, 15) is 14.3 Å². The zero-order valence-corrected chi connectivity index (χ0v) is 21.7. The first-order valence-corrected chi connectivity index (χ1v) is 13.8. The van der Waals surface area contributed by atoms with Gasteiger partial charge in [0.1, 0.15) is 11.6 Å². The highest BCUT2D eigenvalue weighted by atomic mass is 32.2. The molecular formula is C29H33FN2O3S. The highest BCUT2D eigenvalue weighted by Crippen LogP contribution is 2.39. The minimum atomic E-state index is -0.394. The van der Waals surface area contributed by atoms with E-state index in [-0.39, 0.29) is 18.2 Å². The average molecular weight is 509 g/mol. The summed E-state index contributed by atoms with van der Waals surface area (Å²) in [5, 5.41) is 11.7. The van der Waals surface area contributed by atoms with Crippen LogP contribution in [0.15, 0.2) is 47.4 Å². The molecule has 36 heavy (non-hydrogen) atoms. The van der Waals surface area contributed by atoms with Crippen LogP contribution in [0.25, 0.3) is 16.5 Å². The fraction of sp³-hybridized carbons (Fsp3) is 0.414. The van der Waals surface area contributed by atoms with Crippen molar-refractivity contribution in [3.8, 4) is 5.75 Å². The first-order valence-electron chi connectivity index (χ1n) is 12.8. The molecule has 0 atom stereocenters. The Balaban J connectivity index is 1.49. The van der Waals surface area contributed by atoms with Crippen molar-refractivity contribution < 1.29 is 19.0 Å². The molecule has 1 saturated carbocycles. The van der Waals surface area contributed by atoms with Gasteiger partial charge in [0.25, 0.3) is 0 Å². The molecule has 1 aliphatic heterocycles. The van der Waals surface area contributed by atoms with Crippen molar-refractivity contribution >= 4 is 34.2 Å². The molecule has 5 rings (SSSR count). The summed E-state index contributed by atoms with van der Waals surface area (Å²) in [5.41, 5.74) is 4.18. The summed E-state index contributed by atoms with van der Waals surface area (Å²) in [5.74, 6) is 0.0358. The lowest BCUT2D eigenvalue weighted by atomic mass is 9.96. The number of hydrogen-bond donors (Lipinski definition) is 1. The summed E-state index contributed by atoms with van der Waals surface area (Å²) in [6.07, 6.45) is 8.39. The number of phenolic OH excluding ortho intramolecular Hbond substituents is 1. The van der Waals surface area contributed by atoms with E-state index in [1.807, 2.05) is 17.7 Å². The van der Waals surface area contributed by atoms with Crippen molar-refractivity contribution in [2.24, 2.45) is 7.05 Å². The van der Waals surface area contributed by atoms with E-state index in [2.05, 4.69) is 11.0 Å². The molecule has 1 aliphatic carbocycles. The largest absolute Gasteiger partial charge is 0.507 e. The SMILES string of the molecule is CCOC(=O)c1c(CSc2ccc(F)cc2)n(C)c2cc(C3=CCN(C4CCCC4)CC3)c(O)cc12. The van der Waals surface area contributed by atoms with Crippen LogP contribution in [-0.2, 0) is 17.5 Å². The highest BCUT2D eigenvalue weighted by molar-refractivity contribution is 7.98. The number of aromatic hydroxyl groups is 1. The summed E-state index contributed by atoms with van der Waals surface area (Å²) in [4.78, 5) is 16.5. The molecule has 0 radical (unpaired) electrons. The lowest BCUT2D eigenvalue weighted by Crippen LogP contribution is -2.36. The van der Waals surface area contributed by atoms with Gasteiger partial charge in [-0.15, -0.1) is 11.8 Å². The van der Waals surface area contributed by atoms with Gasteiger partial charge in [0.15, 0.2) is 0 Å². The van der Waals surface area contributed by atoms with E-state index < -0.39 is 5.97 Å². The Labute approximate surface area is 215 Å². The number of aromatic nitrogens is 1. The number of phenols is 1. The summed E-state index contributed by atoms with van der Waals surface area (Å²) < 4.78 is 20.8. The van der Waals surface area contributed by atoms with Crippen LogP contribution in [0.5, 0.6) is 5.75 Å². The number of thioether (sulfide) groups is 1. The Morgan fingerprint density at radius 3 is 2.61 bits per heavy atom. The Morgan fingerprint density at radius 2 is 1.94 bits per heavy atom. The molecule has 1 fully saturated rings. The van der Waals surface area contributed by atoms with Crippen LogP contribution in [0.4, 0.5) is 4.39 Å². The first kappa shape index (κ1) is 24.9. The van der Waals surface area contributed by atoms with Crippen LogP contribution in [0.1, 0.15) is 60.6 Å². The van der Waals surface area contributed by atoms with Crippen LogP contribution in [0, 0.1) is 5.82 Å². The van der Waals surface area contributed by atoms with Gasteiger partial charge in [0, 0.05) is 59.0 Å². The molecule has 0 spiro atoms. The van der Waals surface area contributed by atoms with E-state index in [0.717, 1.165) is 46.8 Å². The molecule has 3 aromatic rings. The van der Waals surface area contributed by atoms with Gasteiger partial charge in [-0.25, -0.2) is 9.18 Å². The van der Waals surface area contributed by atoms with E-state index in [1.54, 1.807) is 25.1 Å². The number of carbonyl (C=O) groups excluding carboxylic acids is 1. The molecule has 5 nitrogen and oxygen atoms in total. The van der Waals surface area contributed by atoms with Crippen molar-refractivity contribution in [2.75, 3.05) is 19.7 Å². The predicted octanol–water partition coefficient (Wildman–Crippen LogP) is 6.52. The second-order valence-corrected chi connectivity index (χ2v) is 10.7. The first-order chi connectivity index (χ1) is 17.5. The third-order valence-corrected chi connectivity index (χ3v) is 8.56. The van der Waals surface area contributed by atoms with Crippen LogP contribution in [-0.4, -0.2) is 46.3 Å². The summed E-state index contributed by atoms with van der Waals surface area (Å²) in [7, 11) is 1.95. The molecule has 0 amide bonds. The minimum Gasteiger partial charge on any atom is -0.507 e. The van der Waals surface area contributed by atoms with Crippen LogP contribution in [0.2, 0.25) is 0 Å². The van der Waals surface area contributed by atoms with Gasteiger partial charge in [0.2, 0.25) is 0 Å². The fourth-order valence-corrected chi connectivity index (χ4v) is 6.56. The van der Waals surface area contributed by atoms with Crippen LogP contribution < -0.4 is 0 Å². The molecule has 7 heteroatoms. The summed E-state index contributed by atoms with van der Waals surface area (Å²) in [6.45, 7) is 3.98. The number of ether oxygens (including phenoxy) is 1. The smallest absolute Gasteiger partial charge is 0.340 e. The molecule has 0 bridgehead atoms. The standard InChI is InChI=1S/C29H33FN2O3S/c1-3-35-29(34)28-24-17-27(33)23(19-12-14-32(15-13-19)21-6-4-5-7-21)16-25(24)31(2)26(28)18-36-22-10-8-20(30)9-11-22/h8-12,16-17,21,33H,3-7,13-15,18H2,1-2H3. The van der Waals surface area contributed by atoms with Gasteiger partial charge < -0.3 is 14.4 Å². The van der Waals surface area contributed by atoms with Gasteiger partial charge in [-0.1, -0.05) is 18.9 Å². The number of fused-ring (bicyclic) bond motifs is 1. The highest BCUT2D eigenvalue weighted by Gasteiger charge is 2.27. The van der Waals surface area contributed by atoms with Crippen molar-refractivity contribution in [2.45, 2.75) is 55.7 Å². The molecule has 1 N–H and O–H groups in total. The third-order valence-electron chi connectivity index (χ3n) is 7.53. The van der Waals surface area contributed by atoms with Gasteiger partial charge >= 0.3 is 5.97 Å². The number of halogens is 1. The lowest BCUT2D eigenvalue weighted by Gasteiger charge is -2.31. The maximum Gasteiger partial charge on any atom is 0.340 e. The zero-order chi connectivity index (χ0) is 25.2. The number of carbonyl (C=O) groups is 1. The third kappa shape index (κ3) is 4.91. The second kappa shape index (κ2) is 10.7. The maximum absolute atomic E-state index is 13.3. The van der Waals surface area contributed by atoms with E-state index in [4.69, 9.17) is 4.74 Å². The molecule has 2 heterocycles. The summed E-state index contributed by atoms with van der Waals surface area (Å²) in [6, 6.07) is 10.8. The molecular weight excluding hydrogens is 475 g/mol. The average Bonchev–Trinajstić information content (AvgIpc) is 3.50. The number of esters is 1. The predicted molar refractivity (Wildman–Crippen MR) is 143 cm³/mol.